The molecule has 1 aromatic rings. The van der Waals surface area contributed by atoms with E-state index in [0.717, 1.165) is 42.4 Å². The maximum absolute atomic E-state index is 11.0. The molecule has 2 atom stereocenters. The molecule has 0 fully saturated rings. The van der Waals surface area contributed by atoms with Gasteiger partial charge in [0.05, 0.1) is 13.2 Å². The zero-order valence-electron chi connectivity index (χ0n) is 18.3. The summed E-state index contributed by atoms with van der Waals surface area (Å²) in [5.74, 6) is 1.20. The molecule has 1 aliphatic carbocycles. The Kier molecular flexibility index (Phi) is 6.32. The van der Waals surface area contributed by atoms with E-state index in [9.17, 15) is 20.3 Å². The fourth-order valence-corrected chi connectivity index (χ4v) is 4.90. The topological polar surface area (TPSA) is 102 Å². The lowest BCUT2D eigenvalue weighted by atomic mass is 9.67. The van der Waals surface area contributed by atoms with Crippen molar-refractivity contribution in [1.29, 1.82) is 0 Å². The summed E-state index contributed by atoms with van der Waals surface area (Å²) in [6, 6.07) is 3.85. The molecule has 2 N–H and O–H groups in total. The Morgan fingerprint density at radius 2 is 2.07 bits per heavy atom. The van der Waals surface area contributed by atoms with Gasteiger partial charge in [-0.15, -0.1) is 10.1 Å². The highest BCUT2D eigenvalue weighted by atomic mass is 16.9. The Morgan fingerprint density at radius 3 is 2.73 bits per heavy atom. The summed E-state index contributed by atoms with van der Waals surface area (Å²) >= 11 is 0. The highest BCUT2D eigenvalue weighted by molar-refractivity contribution is 5.55. The molecule has 0 amide bonds. The van der Waals surface area contributed by atoms with Gasteiger partial charge in [-0.3, -0.25) is 0 Å². The van der Waals surface area contributed by atoms with Crippen LogP contribution in [0.1, 0.15) is 76.8 Å². The Bertz CT molecular complexity index is 829. The number of aliphatic hydroxyl groups excluding tert-OH is 1. The first-order valence-electron chi connectivity index (χ1n) is 10.7. The van der Waals surface area contributed by atoms with Crippen molar-refractivity contribution in [3.8, 4) is 11.5 Å². The summed E-state index contributed by atoms with van der Waals surface area (Å²) < 4.78 is 6.40. The minimum absolute atomic E-state index is 0.0242. The van der Waals surface area contributed by atoms with Crippen molar-refractivity contribution < 1.29 is 24.9 Å². The fourth-order valence-electron chi connectivity index (χ4n) is 4.90. The molecule has 0 aromatic heterocycles. The first kappa shape index (κ1) is 22.4. The summed E-state index contributed by atoms with van der Waals surface area (Å²) in [6.45, 7) is 8.53. The van der Waals surface area contributed by atoms with Gasteiger partial charge in [-0.05, 0) is 68.2 Å². The molecule has 0 saturated carbocycles. The summed E-state index contributed by atoms with van der Waals surface area (Å²) in [6.07, 6.45) is 6.06. The Morgan fingerprint density at radius 1 is 1.33 bits per heavy atom. The first-order valence-corrected chi connectivity index (χ1v) is 10.7. The number of aliphatic hydroxyl groups is 1. The number of benzene rings is 1. The molecule has 0 unspecified atom stereocenters. The third-order valence-electron chi connectivity index (χ3n) is 6.72. The maximum atomic E-state index is 11.0. The van der Waals surface area contributed by atoms with Crippen molar-refractivity contribution in [2.75, 3.05) is 13.2 Å². The zero-order valence-corrected chi connectivity index (χ0v) is 18.3. The largest absolute Gasteiger partial charge is 0.507 e. The predicted molar refractivity (Wildman–Crippen MR) is 113 cm³/mol. The van der Waals surface area contributed by atoms with E-state index in [0.29, 0.717) is 12.2 Å². The van der Waals surface area contributed by atoms with Crippen LogP contribution in [0.5, 0.6) is 11.5 Å². The summed E-state index contributed by atoms with van der Waals surface area (Å²) in [4.78, 5) is 14.7. The van der Waals surface area contributed by atoms with Gasteiger partial charge in [0.15, 0.2) is 0 Å². The van der Waals surface area contributed by atoms with E-state index in [2.05, 4.69) is 38.6 Å². The van der Waals surface area contributed by atoms with E-state index in [4.69, 9.17) is 4.74 Å². The van der Waals surface area contributed by atoms with Crippen molar-refractivity contribution in [1.82, 2.24) is 0 Å². The summed E-state index contributed by atoms with van der Waals surface area (Å²) in [5.41, 5.74) is 2.20. The van der Waals surface area contributed by atoms with Gasteiger partial charge in [0.2, 0.25) is 0 Å². The van der Waals surface area contributed by atoms with E-state index in [-0.39, 0.29) is 41.8 Å². The summed E-state index contributed by atoms with van der Waals surface area (Å²) in [5, 5.41) is 30.1. The van der Waals surface area contributed by atoms with Gasteiger partial charge in [-0.2, -0.15) is 0 Å². The van der Waals surface area contributed by atoms with Crippen molar-refractivity contribution in [3.63, 3.8) is 0 Å². The fraction of sp³-hybridized carbons (Fsp3) is 0.652. The molecule has 0 bridgehead atoms. The lowest BCUT2D eigenvalue weighted by Gasteiger charge is -2.47. The number of phenolic OH excluding ortho intramolecular Hbond substituents is 1. The average Bonchev–Trinajstić information content (AvgIpc) is 2.66. The third kappa shape index (κ3) is 4.56. The second-order valence-electron chi connectivity index (χ2n) is 9.66. The number of rotatable bonds is 8. The molecule has 2 aliphatic rings. The van der Waals surface area contributed by atoms with Gasteiger partial charge < -0.3 is 19.8 Å². The number of hydrogen-bond donors (Lipinski definition) is 2. The van der Waals surface area contributed by atoms with Crippen LogP contribution < -0.4 is 4.74 Å². The van der Waals surface area contributed by atoms with Crippen LogP contribution in [0.3, 0.4) is 0 Å². The second-order valence-corrected chi connectivity index (χ2v) is 9.66. The number of unbranched alkanes of at least 4 members (excludes halogenated alkanes) is 1. The van der Waals surface area contributed by atoms with Gasteiger partial charge in [0, 0.05) is 17.4 Å². The Hall–Kier alpha value is -2.28. The molecule has 7 heteroatoms. The highest BCUT2D eigenvalue weighted by Gasteiger charge is 2.45. The molecule has 30 heavy (non-hydrogen) atoms. The number of aromatic hydroxyl groups is 1. The van der Waals surface area contributed by atoms with Crippen LogP contribution in [0.25, 0.3) is 0 Å². The quantitative estimate of drug-likeness (QED) is 0.276. The molecule has 0 radical (unpaired) electrons. The third-order valence-corrected chi connectivity index (χ3v) is 6.72. The minimum atomic E-state index is -0.763. The Labute approximate surface area is 177 Å². The number of nitrogens with zero attached hydrogens (tertiary/aromatic N) is 1. The van der Waals surface area contributed by atoms with Crippen LogP contribution in [0, 0.1) is 16.0 Å². The van der Waals surface area contributed by atoms with Crippen LogP contribution in [0.15, 0.2) is 23.8 Å². The standard InChI is InChI=1S/C23H33NO6/c1-22(2,9-5-6-10-29-24(27)28)16-12-19(26)21-17-11-15(14-25)7-8-18(17)23(3,4)30-20(21)13-16/h11-13,17-18,25-26H,5-10,14H2,1-4H3/t17-,18-/m0/s1. The molecule has 0 saturated heterocycles. The van der Waals surface area contributed by atoms with Gasteiger partial charge >= 0.3 is 0 Å². The highest BCUT2D eigenvalue weighted by Crippen LogP contribution is 2.54. The lowest BCUT2D eigenvalue weighted by Crippen LogP contribution is -2.45. The van der Waals surface area contributed by atoms with Gasteiger partial charge in [-0.1, -0.05) is 26.3 Å². The number of hydrogen-bond acceptors (Lipinski definition) is 6. The van der Waals surface area contributed by atoms with Gasteiger partial charge in [0.25, 0.3) is 5.09 Å². The van der Waals surface area contributed by atoms with E-state index in [1.54, 1.807) is 0 Å². The molecule has 166 valence electrons. The van der Waals surface area contributed by atoms with Crippen molar-refractivity contribution in [2.45, 2.75) is 76.7 Å². The minimum Gasteiger partial charge on any atom is -0.507 e. The lowest BCUT2D eigenvalue weighted by molar-refractivity contribution is -0.757. The van der Waals surface area contributed by atoms with E-state index in [1.165, 1.54) is 0 Å². The smallest absolute Gasteiger partial charge is 0.294 e. The van der Waals surface area contributed by atoms with Crippen molar-refractivity contribution >= 4 is 0 Å². The van der Waals surface area contributed by atoms with Crippen molar-refractivity contribution in [2.24, 2.45) is 5.92 Å². The monoisotopic (exact) mass is 419 g/mol. The number of allylic oxidation sites excluding steroid dienone is 1. The number of ether oxygens (including phenoxy) is 1. The molecule has 7 nitrogen and oxygen atoms in total. The molecule has 3 rings (SSSR count). The van der Waals surface area contributed by atoms with E-state index in [1.807, 2.05) is 12.1 Å². The molecule has 1 heterocycles. The van der Waals surface area contributed by atoms with Crippen LogP contribution in [-0.4, -0.2) is 34.1 Å². The van der Waals surface area contributed by atoms with Crippen LogP contribution in [-0.2, 0) is 10.3 Å². The second kappa shape index (κ2) is 8.46. The van der Waals surface area contributed by atoms with Gasteiger partial charge in [-0.25, -0.2) is 0 Å². The van der Waals surface area contributed by atoms with E-state index < -0.39 is 5.09 Å². The average molecular weight is 420 g/mol. The SMILES string of the molecule is CC(C)(CCCCO[N+](=O)[O-])c1cc(O)c2c(c1)OC(C)(C)[C@H]1CCC(CO)=C[C@H]21. The molecule has 1 aromatic carbocycles. The Balaban J connectivity index is 1.86. The zero-order chi connectivity index (χ0) is 22.1. The summed E-state index contributed by atoms with van der Waals surface area (Å²) in [7, 11) is 0. The predicted octanol–water partition coefficient (Wildman–Crippen LogP) is 4.63. The van der Waals surface area contributed by atoms with Crippen LogP contribution in [0.4, 0.5) is 0 Å². The number of fused-ring (bicyclic) bond motifs is 3. The maximum Gasteiger partial charge on any atom is 0.294 e. The first-order chi connectivity index (χ1) is 14.0. The normalized spacial score (nSPS) is 22.4. The van der Waals surface area contributed by atoms with Crippen molar-refractivity contribution in [3.05, 3.63) is 45.0 Å². The molecule has 0 spiro atoms. The molecule has 1 aliphatic heterocycles. The number of phenols is 1. The van der Waals surface area contributed by atoms with E-state index >= 15 is 0 Å². The molecular formula is C23H33NO6. The van der Waals surface area contributed by atoms with Gasteiger partial charge in [0.1, 0.15) is 17.1 Å². The van der Waals surface area contributed by atoms with Crippen LogP contribution in [0.2, 0.25) is 0 Å². The van der Waals surface area contributed by atoms with Crippen LogP contribution >= 0.6 is 0 Å². The molecular weight excluding hydrogens is 386 g/mol.